The summed E-state index contributed by atoms with van der Waals surface area (Å²) in [6.07, 6.45) is 6.71. The molecule has 1 aromatic rings. The van der Waals surface area contributed by atoms with Gasteiger partial charge in [-0.1, -0.05) is 30.3 Å². The van der Waals surface area contributed by atoms with Gasteiger partial charge >= 0.3 is 0 Å². The van der Waals surface area contributed by atoms with Crippen molar-refractivity contribution in [3.05, 3.63) is 35.9 Å². The van der Waals surface area contributed by atoms with Crippen molar-refractivity contribution in [3.63, 3.8) is 0 Å². The fraction of sp³-hybridized carbons (Fsp3) is 0.571. The third-order valence-corrected chi connectivity index (χ3v) is 5.43. The molecule has 0 unspecified atom stereocenters. The van der Waals surface area contributed by atoms with Crippen molar-refractivity contribution in [2.24, 2.45) is 11.8 Å². The summed E-state index contributed by atoms with van der Waals surface area (Å²) >= 11 is 2.09. The first-order chi connectivity index (χ1) is 7.38. The summed E-state index contributed by atoms with van der Waals surface area (Å²) in [6.45, 7) is 0. The monoisotopic (exact) mass is 218 g/mol. The number of hydrogen-bond acceptors (Lipinski definition) is 1. The zero-order valence-electron chi connectivity index (χ0n) is 9.23. The molecule has 0 radical (unpaired) electrons. The normalized spacial score (nSPS) is 38.5. The van der Waals surface area contributed by atoms with Crippen LogP contribution in [0.1, 0.15) is 30.7 Å². The van der Waals surface area contributed by atoms with Crippen LogP contribution in [0.4, 0.5) is 0 Å². The summed E-state index contributed by atoms with van der Waals surface area (Å²) in [4.78, 5) is 0. The van der Waals surface area contributed by atoms with Crippen molar-refractivity contribution in [3.8, 4) is 0 Å². The van der Waals surface area contributed by atoms with E-state index in [9.17, 15) is 0 Å². The van der Waals surface area contributed by atoms with Gasteiger partial charge in [0.25, 0.3) is 0 Å². The van der Waals surface area contributed by atoms with Crippen LogP contribution in [0.3, 0.4) is 0 Å². The van der Waals surface area contributed by atoms with Gasteiger partial charge in [0.05, 0.1) is 0 Å². The quantitative estimate of drug-likeness (QED) is 0.724. The highest BCUT2D eigenvalue weighted by Crippen LogP contribution is 2.55. The maximum atomic E-state index is 2.32. The molecule has 0 aliphatic heterocycles. The molecule has 1 aromatic carbocycles. The molecule has 2 saturated carbocycles. The third-order valence-electron chi connectivity index (χ3n) is 4.28. The van der Waals surface area contributed by atoms with Gasteiger partial charge in [-0.25, -0.2) is 0 Å². The maximum absolute atomic E-state index is 2.32. The summed E-state index contributed by atoms with van der Waals surface area (Å²) in [5.41, 5.74) is 1.59. The molecule has 0 saturated heterocycles. The standard InChI is InChI=1S/C14H18S/c1-15-14-9-10-7-12(13(14)8-10)11-5-3-2-4-6-11/h2-6,10,12-14H,7-9H2,1H3/t10-,12-,13-,14-/m1/s1. The number of fused-ring (bicyclic) bond motifs is 2. The lowest BCUT2D eigenvalue weighted by Gasteiger charge is -2.28. The van der Waals surface area contributed by atoms with Crippen molar-refractivity contribution in [1.29, 1.82) is 0 Å². The van der Waals surface area contributed by atoms with Gasteiger partial charge in [0.15, 0.2) is 0 Å². The predicted octanol–water partition coefficient (Wildman–Crippen LogP) is 3.93. The van der Waals surface area contributed by atoms with E-state index in [1.54, 1.807) is 5.56 Å². The van der Waals surface area contributed by atoms with Gasteiger partial charge < -0.3 is 0 Å². The van der Waals surface area contributed by atoms with Crippen LogP contribution in [0.25, 0.3) is 0 Å². The van der Waals surface area contributed by atoms with Crippen molar-refractivity contribution in [1.82, 2.24) is 0 Å². The average Bonchev–Trinajstić information content (AvgIpc) is 2.89. The van der Waals surface area contributed by atoms with Crippen LogP contribution in [0.15, 0.2) is 30.3 Å². The Kier molecular flexibility index (Phi) is 2.51. The highest BCUT2D eigenvalue weighted by Gasteiger charge is 2.45. The van der Waals surface area contributed by atoms with Gasteiger partial charge in [-0.2, -0.15) is 11.8 Å². The second-order valence-electron chi connectivity index (χ2n) is 5.03. The van der Waals surface area contributed by atoms with Gasteiger partial charge in [-0.3, -0.25) is 0 Å². The molecule has 4 atom stereocenters. The van der Waals surface area contributed by atoms with E-state index in [0.717, 1.165) is 23.0 Å². The van der Waals surface area contributed by atoms with Gasteiger partial charge in [0, 0.05) is 5.25 Å². The highest BCUT2D eigenvalue weighted by atomic mass is 32.2. The van der Waals surface area contributed by atoms with Crippen LogP contribution in [-0.2, 0) is 0 Å². The van der Waals surface area contributed by atoms with Crippen molar-refractivity contribution in [2.45, 2.75) is 30.4 Å². The Morgan fingerprint density at radius 1 is 1.07 bits per heavy atom. The minimum Gasteiger partial charge on any atom is -0.162 e. The minimum atomic E-state index is 0.863. The molecule has 2 aliphatic carbocycles. The lowest BCUT2D eigenvalue weighted by molar-refractivity contribution is 0.431. The minimum absolute atomic E-state index is 0.863. The van der Waals surface area contributed by atoms with Crippen LogP contribution < -0.4 is 0 Å². The first-order valence-corrected chi connectivity index (χ1v) is 7.25. The fourth-order valence-corrected chi connectivity index (χ4v) is 4.76. The predicted molar refractivity (Wildman–Crippen MR) is 67.3 cm³/mol. The first kappa shape index (κ1) is 9.77. The molecule has 1 heteroatoms. The van der Waals surface area contributed by atoms with Gasteiger partial charge in [-0.05, 0) is 48.8 Å². The molecule has 0 aromatic heterocycles. The Hall–Kier alpha value is -0.430. The molecule has 0 heterocycles. The molecule has 0 N–H and O–H groups in total. The number of hydrogen-bond donors (Lipinski definition) is 0. The Morgan fingerprint density at radius 2 is 1.87 bits per heavy atom. The van der Waals surface area contributed by atoms with Crippen LogP contribution in [0, 0.1) is 11.8 Å². The Labute approximate surface area is 96.5 Å². The summed E-state index contributed by atoms with van der Waals surface area (Å²) < 4.78 is 0. The van der Waals surface area contributed by atoms with Crippen molar-refractivity contribution >= 4 is 11.8 Å². The Morgan fingerprint density at radius 3 is 2.53 bits per heavy atom. The fourth-order valence-electron chi connectivity index (χ4n) is 3.64. The SMILES string of the molecule is CS[C@@H]1C[C@H]2C[C@@H]1[C@@H](c1ccccc1)C2. The second-order valence-corrected chi connectivity index (χ2v) is 6.11. The van der Waals surface area contributed by atoms with Crippen LogP contribution in [0.2, 0.25) is 0 Å². The second kappa shape index (κ2) is 3.86. The molecule has 0 nitrogen and oxygen atoms in total. The molecular weight excluding hydrogens is 200 g/mol. The summed E-state index contributed by atoms with van der Waals surface area (Å²) in [7, 11) is 0. The summed E-state index contributed by atoms with van der Waals surface area (Å²) in [6, 6.07) is 11.2. The lowest BCUT2D eigenvalue weighted by Crippen LogP contribution is -2.20. The van der Waals surface area contributed by atoms with Gasteiger partial charge in [0.1, 0.15) is 0 Å². The molecule has 2 aliphatic rings. The zero-order chi connectivity index (χ0) is 10.3. The van der Waals surface area contributed by atoms with E-state index >= 15 is 0 Å². The molecule has 0 amide bonds. The van der Waals surface area contributed by atoms with E-state index in [4.69, 9.17) is 0 Å². The van der Waals surface area contributed by atoms with E-state index in [1.165, 1.54) is 19.3 Å². The molecule has 80 valence electrons. The third kappa shape index (κ3) is 1.61. The van der Waals surface area contributed by atoms with E-state index < -0.39 is 0 Å². The van der Waals surface area contributed by atoms with Crippen molar-refractivity contribution < 1.29 is 0 Å². The summed E-state index contributed by atoms with van der Waals surface area (Å²) in [5, 5.41) is 0.939. The van der Waals surface area contributed by atoms with Crippen LogP contribution in [-0.4, -0.2) is 11.5 Å². The largest absolute Gasteiger partial charge is 0.162 e. The smallest absolute Gasteiger partial charge is 0.00811 e. The zero-order valence-corrected chi connectivity index (χ0v) is 10.0. The molecule has 3 rings (SSSR count). The Bertz CT molecular complexity index is 332. The lowest BCUT2D eigenvalue weighted by atomic mass is 9.83. The number of rotatable bonds is 2. The van der Waals surface area contributed by atoms with Crippen molar-refractivity contribution in [2.75, 3.05) is 6.26 Å². The van der Waals surface area contributed by atoms with E-state index in [-0.39, 0.29) is 0 Å². The number of benzene rings is 1. The first-order valence-electron chi connectivity index (χ1n) is 5.96. The molecule has 0 spiro atoms. The average molecular weight is 218 g/mol. The van der Waals surface area contributed by atoms with E-state index in [1.807, 2.05) is 0 Å². The van der Waals surface area contributed by atoms with Crippen LogP contribution in [0.5, 0.6) is 0 Å². The molecule has 15 heavy (non-hydrogen) atoms. The maximum Gasteiger partial charge on any atom is 0.00811 e. The van der Waals surface area contributed by atoms with Gasteiger partial charge in [-0.15, -0.1) is 0 Å². The Balaban J connectivity index is 1.84. The molecule has 2 bridgehead atoms. The number of thioether (sulfide) groups is 1. The van der Waals surface area contributed by atoms with E-state index in [2.05, 4.69) is 48.3 Å². The molecular formula is C14H18S. The van der Waals surface area contributed by atoms with Gasteiger partial charge in [0.2, 0.25) is 0 Å². The summed E-state index contributed by atoms with van der Waals surface area (Å²) in [5.74, 6) is 2.85. The molecule has 2 fully saturated rings. The topological polar surface area (TPSA) is 0 Å². The van der Waals surface area contributed by atoms with Crippen LogP contribution >= 0.6 is 11.8 Å². The highest BCUT2D eigenvalue weighted by molar-refractivity contribution is 7.99. The van der Waals surface area contributed by atoms with E-state index in [0.29, 0.717) is 0 Å².